The molecular weight excluding hydrogens is 617 g/mol. The molecule has 0 spiro atoms. The number of fused-ring (bicyclic) bond motifs is 1. The van der Waals surface area contributed by atoms with Gasteiger partial charge in [0.1, 0.15) is 0 Å². The van der Waals surface area contributed by atoms with Crippen molar-refractivity contribution in [2.45, 2.75) is 205 Å². The molecular formula is C46H80O4. The molecule has 4 nitrogen and oxygen atoms in total. The van der Waals surface area contributed by atoms with Crippen molar-refractivity contribution in [2.75, 3.05) is 26.4 Å². The van der Waals surface area contributed by atoms with E-state index < -0.39 is 0 Å². The van der Waals surface area contributed by atoms with Gasteiger partial charge in [0.05, 0.1) is 13.2 Å². The molecule has 4 heteroatoms. The average molecular weight is 697 g/mol. The van der Waals surface area contributed by atoms with E-state index in [4.69, 9.17) is 19.7 Å². The monoisotopic (exact) mass is 697 g/mol. The molecule has 0 heterocycles. The highest BCUT2D eigenvalue weighted by Gasteiger charge is 2.11. The van der Waals surface area contributed by atoms with Gasteiger partial charge in [0.2, 0.25) is 0 Å². The first-order chi connectivity index (χ1) is 24.9. The fourth-order valence-electron chi connectivity index (χ4n) is 7.22. The Bertz CT molecular complexity index is 991. The molecule has 0 saturated heterocycles. The number of hydrogen-bond donors (Lipinski definition) is 2. The third-order valence-electron chi connectivity index (χ3n) is 10.5. The number of unbranched alkanes of at least 4 members (excludes halogenated alkanes) is 30. The first-order valence-corrected chi connectivity index (χ1v) is 21.9. The molecule has 0 bridgehead atoms. The van der Waals surface area contributed by atoms with Gasteiger partial charge in [0.25, 0.3) is 0 Å². The topological polar surface area (TPSA) is 58.9 Å². The second kappa shape index (κ2) is 34.3. The highest BCUT2D eigenvalue weighted by molar-refractivity contribution is 5.90. The average Bonchev–Trinajstić information content (AvgIpc) is 3.14. The molecule has 0 radical (unpaired) electrons. The van der Waals surface area contributed by atoms with E-state index in [2.05, 4.69) is 36.4 Å². The van der Waals surface area contributed by atoms with Crippen LogP contribution in [-0.4, -0.2) is 36.6 Å². The normalized spacial score (nSPS) is 11.5. The second-order valence-corrected chi connectivity index (χ2v) is 15.1. The lowest BCUT2D eigenvalue weighted by Crippen LogP contribution is -2.03. The Balaban J connectivity index is 1.46. The van der Waals surface area contributed by atoms with Crippen LogP contribution in [0.2, 0.25) is 0 Å². The van der Waals surface area contributed by atoms with Crippen molar-refractivity contribution in [3.8, 4) is 11.5 Å². The van der Waals surface area contributed by atoms with Gasteiger partial charge in [-0.05, 0) is 37.1 Å². The van der Waals surface area contributed by atoms with Crippen molar-refractivity contribution >= 4 is 10.8 Å². The van der Waals surface area contributed by atoms with Gasteiger partial charge in [-0.2, -0.15) is 0 Å². The van der Waals surface area contributed by atoms with Crippen LogP contribution in [0.1, 0.15) is 205 Å². The fraction of sp³-hybridized carbons (Fsp3) is 0.783. The molecule has 0 aliphatic rings. The molecule has 2 aromatic carbocycles. The van der Waals surface area contributed by atoms with Crippen LogP contribution in [0.25, 0.3) is 10.8 Å². The summed E-state index contributed by atoms with van der Waals surface area (Å²) in [6.45, 7) is 2.24. The van der Waals surface area contributed by atoms with Gasteiger partial charge < -0.3 is 19.7 Å². The smallest absolute Gasteiger partial charge is 0.168 e. The molecule has 0 atom stereocenters. The third-order valence-corrected chi connectivity index (χ3v) is 10.5. The maximum Gasteiger partial charge on any atom is 0.168 e. The zero-order valence-electron chi connectivity index (χ0n) is 32.6. The van der Waals surface area contributed by atoms with E-state index in [0.29, 0.717) is 13.2 Å². The van der Waals surface area contributed by atoms with E-state index in [9.17, 15) is 0 Å². The number of ether oxygens (including phenoxy) is 2. The molecule has 2 N–H and O–H groups in total. The lowest BCUT2D eigenvalue weighted by Gasteiger charge is -2.15. The molecule has 0 amide bonds. The summed E-state index contributed by atoms with van der Waals surface area (Å²) in [4.78, 5) is 0. The van der Waals surface area contributed by atoms with Gasteiger partial charge in [-0.15, -0.1) is 0 Å². The highest BCUT2D eigenvalue weighted by Crippen LogP contribution is 2.36. The summed E-state index contributed by atoms with van der Waals surface area (Å²) in [7, 11) is 0. The minimum Gasteiger partial charge on any atom is -0.490 e. The Hall–Kier alpha value is -1.78. The van der Waals surface area contributed by atoms with E-state index in [1.165, 1.54) is 185 Å². The lowest BCUT2D eigenvalue weighted by molar-refractivity contribution is 0.261. The van der Waals surface area contributed by atoms with Crippen molar-refractivity contribution in [3.63, 3.8) is 0 Å². The quantitative estimate of drug-likeness (QED) is 0.0686. The minimum atomic E-state index is 0.355. The molecule has 0 saturated carbocycles. The maximum absolute atomic E-state index is 8.84. The summed E-state index contributed by atoms with van der Waals surface area (Å²) < 4.78 is 12.7. The first-order valence-electron chi connectivity index (χ1n) is 21.9. The molecule has 0 aliphatic carbocycles. The predicted octanol–water partition coefficient (Wildman–Crippen LogP) is 14.1. The van der Waals surface area contributed by atoms with E-state index in [1.807, 2.05) is 0 Å². The summed E-state index contributed by atoms with van der Waals surface area (Å²) in [5, 5.41) is 20.1. The van der Waals surface area contributed by atoms with Crippen molar-refractivity contribution in [1.82, 2.24) is 0 Å². The number of rotatable bonds is 38. The largest absolute Gasteiger partial charge is 0.490 e. The molecule has 50 heavy (non-hydrogen) atoms. The van der Waals surface area contributed by atoms with Gasteiger partial charge >= 0.3 is 0 Å². The van der Waals surface area contributed by atoms with Crippen molar-refractivity contribution in [3.05, 3.63) is 36.4 Å². The second-order valence-electron chi connectivity index (χ2n) is 15.1. The molecule has 0 aliphatic heterocycles. The molecule has 0 unspecified atom stereocenters. The van der Waals surface area contributed by atoms with E-state index in [1.54, 1.807) is 0 Å². The Morgan fingerprint density at radius 3 is 1.02 bits per heavy atom. The summed E-state index contributed by atoms with van der Waals surface area (Å²) in [6, 6.07) is 12.8. The fourth-order valence-corrected chi connectivity index (χ4v) is 7.22. The van der Waals surface area contributed by atoms with Crippen LogP contribution in [0.3, 0.4) is 0 Å². The minimum absolute atomic E-state index is 0.355. The Morgan fingerprint density at radius 2 is 0.640 bits per heavy atom. The van der Waals surface area contributed by atoms with Crippen molar-refractivity contribution in [2.24, 2.45) is 0 Å². The van der Waals surface area contributed by atoms with Crippen LogP contribution >= 0.6 is 0 Å². The number of benzene rings is 2. The summed E-state index contributed by atoms with van der Waals surface area (Å²) in [5.74, 6) is 1.84. The lowest BCUT2D eigenvalue weighted by atomic mass is 10.0. The molecule has 288 valence electrons. The van der Waals surface area contributed by atoms with Gasteiger partial charge in [-0.25, -0.2) is 0 Å². The van der Waals surface area contributed by atoms with Gasteiger partial charge in [0, 0.05) is 18.6 Å². The zero-order valence-corrected chi connectivity index (χ0v) is 32.6. The Kier molecular flexibility index (Phi) is 30.5. The SMILES string of the molecule is OCCCCCCCCCCCCCCCCCCOc1ccc2ccccc2c1OCCCCCCCCCCCCCCCCCCO. The summed E-state index contributed by atoms with van der Waals surface area (Å²) >= 11 is 0. The van der Waals surface area contributed by atoms with Crippen LogP contribution in [0.4, 0.5) is 0 Å². The number of hydrogen-bond acceptors (Lipinski definition) is 4. The number of aliphatic hydroxyl groups excluding tert-OH is 2. The number of aliphatic hydroxyl groups is 2. The van der Waals surface area contributed by atoms with Gasteiger partial charge in [-0.3, -0.25) is 0 Å². The highest BCUT2D eigenvalue weighted by atomic mass is 16.5. The Morgan fingerprint density at radius 1 is 0.320 bits per heavy atom. The van der Waals surface area contributed by atoms with E-state index >= 15 is 0 Å². The molecule has 0 fully saturated rings. The summed E-state index contributed by atoms with van der Waals surface area (Å²) in [6.07, 6.45) is 42.0. The van der Waals surface area contributed by atoms with Gasteiger partial charge in [-0.1, -0.05) is 210 Å². The van der Waals surface area contributed by atoms with Crippen LogP contribution in [0, 0.1) is 0 Å². The van der Waals surface area contributed by atoms with Crippen molar-refractivity contribution in [1.29, 1.82) is 0 Å². The van der Waals surface area contributed by atoms with Gasteiger partial charge in [0.15, 0.2) is 11.5 Å². The predicted molar refractivity (Wildman–Crippen MR) is 217 cm³/mol. The Labute approximate surface area is 309 Å². The molecule has 2 aromatic rings. The summed E-state index contributed by atoms with van der Waals surface area (Å²) in [5.41, 5.74) is 0. The molecule has 0 aromatic heterocycles. The van der Waals surface area contributed by atoms with Crippen LogP contribution in [0.15, 0.2) is 36.4 Å². The van der Waals surface area contributed by atoms with Crippen LogP contribution in [-0.2, 0) is 0 Å². The van der Waals surface area contributed by atoms with E-state index in [0.717, 1.165) is 55.8 Å². The van der Waals surface area contributed by atoms with Crippen LogP contribution < -0.4 is 9.47 Å². The maximum atomic E-state index is 8.84. The third kappa shape index (κ3) is 24.4. The molecule has 2 rings (SSSR count). The zero-order chi connectivity index (χ0) is 35.4. The van der Waals surface area contributed by atoms with E-state index in [-0.39, 0.29) is 0 Å². The first kappa shape index (κ1) is 44.4. The standard InChI is InChI=1S/C46H80O4/c47-39-31-25-21-17-13-9-5-1-3-7-11-15-19-23-27-33-41-49-45-38-37-43-35-29-30-36-44(43)46(45)50-42-34-28-24-20-16-12-8-4-2-6-10-14-18-22-26-32-40-48/h29-30,35-38,47-48H,1-28,31-34,39-42H2. The van der Waals surface area contributed by atoms with Crippen LogP contribution in [0.5, 0.6) is 11.5 Å². The van der Waals surface area contributed by atoms with Crippen molar-refractivity contribution < 1.29 is 19.7 Å².